The number of aliphatic imine (C=N–C) groups is 1. The van der Waals surface area contributed by atoms with Crippen molar-refractivity contribution in [3.05, 3.63) is 29.8 Å². The number of anilines is 1. The van der Waals surface area contributed by atoms with Crippen LogP contribution in [0.3, 0.4) is 0 Å². The second-order valence-electron chi connectivity index (χ2n) is 6.09. The first-order valence-electron chi connectivity index (χ1n) is 8.82. The Labute approximate surface area is 162 Å². The average molecular weight is 444 g/mol. The van der Waals surface area contributed by atoms with E-state index < -0.39 is 0 Å². The monoisotopic (exact) mass is 444 g/mol. The molecule has 2 heterocycles. The maximum Gasteiger partial charge on any atom is 0.194 e. The Morgan fingerprint density at radius 1 is 1.12 bits per heavy atom. The Balaban J connectivity index is 0.00000208. The Hall–Kier alpha value is -1.02. The third-order valence-electron chi connectivity index (χ3n) is 4.48. The molecule has 2 aliphatic rings. The maximum absolute atomic E-state index is 5.47. The van der Waals surface area contributed by atoms with E-state index in [1.54, 1.807) is 0 Å². The van der Waals surface area contributed by atoms with Gasteiger partial charge >= 0.3 is 0 Å². The van der Waals surface area contributed by atoms with Crippen molar-refractivity contribution in [3.63, 3.8) is 0 Å². The lowest BCUT2D eigenvalue weighted by Gasteiger charge is -2.30. The number of nitrogens with zero attached hydrogens (tertiary/aromatic N) is 3. The highest BCUT2D eigenvalue weighted by Crippen LogP contribution is 2.22. The van der Waals surface area contributed by atoms with E-state index in [4.69, 9.17) is 9.73 Å². The molecule has 1 aromatic carbocycles. The standard InChI is InChI=1S/C18H28N4O.HI/c1-2-19-18(22-9-5-6-10-22)20-15-16-7-3-4-8-17(16)21-11-13-23-14-12-21;/h3-4,7-8H,2,5-6,9-15H2,1H3,(H,19,20);1H. The summed E-state index contributed by atoms with van der Waals surface area (Å²) in [6, 6.07) is 8.63. The van der Waals surface area contributed by atoms with E-state index in [-0.39, 0.29) is 24.0 Å². The van der Waals surface area contributed by atoms with Gasteiger partial charge in [-0.2, -0.15) is 0 Å². The molecule has 2 saturated heterocycles. The van der Waals surface area contributed by atoms with Crippen molar-refractivity contribution in [1.29, 1.82) is 0 Å². The first-order valence-corrected chi connectivity index (χ1v) is 8.82. The van der Waals surface area contributed by atoms with Crippen LogP contribution in [0.5, 0.6) is 0 Å². The summed E-state index contributed by atoms with van der Waals surface area (Å²) in [5.41, 5.74) is 2.60. The van der Waals surface area contributed by atoms with E-state index in [9.17, 15) is 0 Å². The molecule has 2 aliphatic heterocycles. The largest absolute Gasteiger partial charge is 0.378 e. The SMILES string of the molecule is CCNC(=NCc1ccccc1N1CCOCC1)N1CCCC1.I. The Morgan fingerprint density at radius 2 is 1.83 bits per heavy atom. The lowest BCUT2D eigenvalue weighted by atomic mass is 10.1. The Bertz CT molecular complexity index is 526. The van der Waals surface area contributed by atoms with Crippen LogP contribution in [0.2, 0.25) is 0 Å². The van der Waals surface area contributed by atoms with Crippen molar-refractivity contribution in [2.75, 3.05) is 50.8 Å². The molecule has 24 heavy (non-hydrogen) atoms. The van der Waals surface area contributed by atoms with Gasteiger partial charge in [-0.1, -0.05) is 18.2 Å². The zero-order chi connectivity index (χ0) is 15.9. The minimum Gasteiger partial charge on any atom is -0.378 e. The smallest absolute Gasteiger partial charge is 0.194 e. The zero-order valence-electron chi connectivity index (χ0n) is 14.5. The molecular weight excluding hydrogens is 415 g/mol. The molecule has 0 amide bonds. The molecule has 0 spiro atoms. The van der Waals surface area contributed by atoms with Crippen LogP contribution in [0.25, 0.3) is 0 Å². The molecule has 0 saturated carbocycles. The first kappa shape index (κ1) is 19.3. The van der Waals surface area contributed by atoms with Crippen LogP contribution in [-0.2, 0) is 11.3 Å². The van der Waals surface area contributed by atoms with Crippen LogP contribution in [0, 0.1) is 0 Å². The fourth-order valence-electron chi connectivity index (χ4n) is 3.27. The summed E-state index contributed by atoms with van der Waals surface area (Å²) in [6.07, 6.45) is 2.55. The van der Waals surface area contributed by atoms with Gasteiger partial charge in [-0.25, -0.2) is 4.99 Å². The number of hydrogen-bond donors (Lipinski definition) is 1. The van der Waals surface area contributed by atoms with E-state index >= 15 is 0 Å². The minimum atomic E-state index is 0. The second-order valence-corrected chi connectivity index (χ2v) is 6.09. The second kappa shape index (κ2) is 10.1. The van der Waals surface area contributed by atoms with E-state index in [1.165, 1.54) is 24.1 Å². The summed E-state index contributed by atoms with van der Waals surface area (Å²) in [4.78, 5) is 9.68. The van der Waals surface area contributed by atoms with Gasteiger partial charge in [0.05, 0.1) is 19.8 Å². The fraction of sp³-hybridized carbons (Fsp3) is 0.611. The van der Waals surface area contributed by atoms with Gasteiger partial charge < -0.3 is 19.9 Å². The summed E-state index contributed by atoms with van der Waals surface area (Å²) in [5.74, 6) is 1.06. The molecule has 0 bridgehead atoms. The Morgan fingerprint density at radius 3 is 2.54 bits per heavy atom. The topological polar surface area (TPSA) is 40.1 Å². The highest BCUT2D eigenvalue weighted by atomic mass is 127. The number of nitrogens with one attached hydrogen (secondary N) is 1. The summed E-state index contributed by atoms with van der Waals surface area (Å²) in [5, 5.41) is 3.44. The molecule has 134 valence electrons. The quantitative estimate of drug-likeness (QED) is 0.441. The number of hydrogen-bond acceptors (Lipinski definition) is 3. The lowest BCUT2D eigenvalue weighted by molar-refractivity contribution is 0.122. The van der Waals surface area contributed by atoms with Crippen molar-refractivity contribution in [2.24, 2.45) is 4.99 Å². The zero-order valence-corrected chi connectivity index (χ0v) is 16.9. The summed E-state index contributed by atoms with van der Waals surface area (Å²) >= 11 is 0. The number of guanidine groups is 1. The van der Waals surface area contributed by atoms with Gasteiger partial charge in [0.2, 0.25) is 0 Å². The van der Waals surface area contributed by atoms with E-state index in [0.717, 1.165) is 58.4 Å². The van der Waals surface area contributed by atoms with Gasteiger partial charge in [0.15, 0.2) is 5.96 Å². The van der Waals surface area contributed by atoms with Crippen molar-refractivity contribution in [2.45, 2.75) is 26.3 Å². The van der Waals surface area contributed by atoms with Gasteiger partial charge in [0, 0.05) is 38.4 Å². The molecule has 5 nitrogen and oxygen atoms in total. The minimum absolute atomic E-state index is 0. The number of rotatable bonds is 4. The molecule has 1 N–H and O–H groups in total. The lowest BCUT2D eigenvalue weighted by Crippen LogP contribution is -2.39. The summed E-state index contributed by atoms with van der Waals surface area (Å²) in [7, 11) is 0. The fourth-order valence-corrected chi connectivity index (χ4v) is 3.27. The van der Waals surface area contributed by atoms with Gasteiger partial charge in [-0.15, -0.1) is 24.0 Å². The predicted molar refractivity (Wildman–Crippen MR) is 111 cm³/mol. The number of likely N-dealkylation sites (tertiary alicyclic amines) is 1. The van der Waals surface area contributed by atoms with Gasteiger partial charge in [0.1, 0.15) is 0 Å². The van der Waals surface area contributed by atoms with Crippen LogP contribution in [0.4, 0.5) is 5.69 Å². The highest BCUT2D eigenvalue weighted by molar-refractivity contribution is 14.0. The molecule has 0 radical (unpaired) electrons. The van der Waals surface area contributed by atoms with Gasteiger partial charge in [-0.05, 0) is 31.4 Å². The third-order valence-corrected chi connectivity index (χ3v) is 4.48. The van der Waals surface area contributed by atoms with Crippen LogP contribution in [0.1, 0.15) is 25.3 Å². The summed E-state index contributed by atoms with van der Waals surface area (Å²) < 4.78 is 5.47. The normalized spacial score (nSPS) is 18.5. The molecule has 0 aliphatic carbocycles. The van der Waals surface area contributed by atoms with Crippen LogP contribution in [-0.4, -0.2) is 56.8 Å². The van der Waals surface area contributed by atoms with E-state index in [0.29, 0.717) is 0 Å². The van der Waals surface area contributed by atoms with Gasteiger partial charge in [-0.3, -0.25) is 0 Å². The van der Waals surface area contributed by atoms with Crippen molar-refractivity contribution in [3.8, 4) is 0 Å². The third kappa shape index (κ3) is 4.99. The highest BCUT2D eigenvalue weighted by Gasteiger charge is 2.17. The molecule has 0 unspecified atom stereocenters. The maximum atomic E-state index is 5.47. The van der Waals surface area contributed by atoms with Crippen LogP contribution < -0.4 is 10.2 Å². The molecule has 2 fully saturated rings. The predicted octanol–water partition coefficient (Wildman–Crippen LogP) is 2.70. The van der Waals surface area contributed by atoms with Crippen LogP contribution in [0.15, 0.2) is 29.3 Å². The molecule has 3 rings (SSSR count). The van der Waals surface area contributed by atoms with E-state index in [1.807, 2.05) is 0 Å². The number of halogens is 1. The number of benzene rings is 1. The number of ether oxygens (including phenoxy) is 1. The molecular formula is C18H29IN4O. The molecule has 0 aromatic heterocycles. The number of para-hydroxylation sites is 1. The van der Waals surface area contributed by atoms with Gasteiger partial charge in [0.25, 0.3) is 0 Å². The summed E-state index contributed by atoms with van der Waals surface area (Å²) in [6.45, 7) is 9.58. The van der Waals surface area contributed by atoms with Crippen LogP contribution >= 0.6 is 24.0 Å². The van der Waals surface area contributed by atoms with Crippen molar-refractivity contribution in [1.82, 2.24) is 10.2 Å². The van der Waals surface area contributed by atoms with Crippen molar-refractivity contribution >= 4 is 35.6 Å². The Kier molecular flexibility index (Phi) is 8.11. The number of morpholine rings is 1. The average Bonchev–Trinajstić information content (AvgIpc) is 3.14. The molecule has 0 atom stereocenters. The molecule has 6 heteroatoms. The van der Waals surface area contributed by atoms with Crippen molar-refractivity contribution < 1.29 is 4.74 Å². The first-order chi connectivity index (χ1) is 11.4. The van der Waals surface area contributed by atoms with E-state index in [2.05, 4.69) is 46.3 Å². The molecule has 1 aromatic rings.